The number of hydrogen-bond acceptors (Lipinski definition) is 3. The van der Waals surface area contributed by atoms with Crippen molar-refractivity contribution >= 4 is 27.5 Å². The Labute approximate surface area is 132 Å². The highest BCUT2D eigenvalue weighted by atomic mass is 79.9. The quantitative estimate of drug-likeness (QED) is 0.740. The summed E-state index contributed by atoms with van der Waals surface area (Å²) in [6.45, 7) is 2.33. The minimum atomic E-state index is 0.326. The lowest BCUT2D eigenvalue weighted by Gasteiger charge is -2.12. The van der Waals surface area contributed by atoms with Gasteiger partial charge in [-0.15, -0.1) is 11.6 Å². The van der Waals surface area contributed by atoms with Crippen molar-refractivity contribution in [2.24, 2.45) is 0 Å². The van der Waals surface area contributed by atoms with E-state index in [-0.39, 0.29) is 0 Å². The van der Waals surface area contributed by atoms with Crippen molar-refractivity contribution < 1.29 is 9.47 Å². The molecule has 0 radical (unpaired) electrons. The molecule has 0 amide bonds. The fourth-order valence-corrected chi connectivity index (χ4v) is 2.44. The first-order chi connectivity index (χ1) is 9.63. The van der Waals surface area contributed by atoms with Gasteiger partial charge in [0, 0.05) is 15.7 Å². The fourth-order valence-electron chi connectivity index (χ4n) is 1.84. The zero-order chi connectivity index (χ0) is 14.5. The second-order valence-electron chi connectivity index (χ2n) is 4.28. The molecule has 0 aliphatic heterocycles. The number of ether oxygens (including phenoxy) is 2. The summed E-state index contributed by atoms with van der Waals surface area (Å²) in [5.41, 5.74) is 2.64. The molecule has 2 rings (SSSR count). The summed E-state index contributed by atoms with van der Waals surface area (Å²) >= 11 is 9.34. The molecule has 0 spiro atoms. The van der Waals surface area contributed by atoms with E-state index in [0.717, 1.165) is 27.2 Å². The lowest BCUT2D eigenvalue weighted by Crippen LogP contribution is -2.02. The molecule has 3 nitrogen and oxygen atoms in total. The van der Waals surface area contributed by atoms with Crippen LogP contribution in [0.25, 0.3) is 0 Å². The highest BCUT2D eigenvalue weighted by Gasteiger charge is 2.08. The number of nitrogens with zero attached hydrogens (tertiary/aromatic N) is 1. The Hall–Kier alpha value is -1.26. The van der Waals surface area contributed by atoms with E-state index >= 15 is 0 Å². The Morgan fingerprint density at radius 3 is 2.65 bits per heavy atom. The van der Waals surface area contributed by atoms with Crippen LogP contribution in [0.5, 0.6) is 11.5 Å². The summed E-state index contributed by atoms with van der Waals surface area (Å²) in [6.07, 6.45) is 0. The first-order valence-corrected chi connectivity index (χ1v) is 7.44. The SMILES string of the molecule is COc1ccc(Br)cc1COc1ccc(C)nc1CCl. The normalized spacial score (nSPS) is 10.4. The molecule has 0 N–H and O–H groups in total. The van der Waals surface area contributed by atoms with E-state index in [1.54, 1.807) is 7.11 Å². The molecule has 0 saturated heterocycles. The molecule has 20 heavy (non-hydrogen) atoms. The van der Waals surface area contributed by atoms with Crippen molar-refractivity contribution in [3.05, 3.63) is 51.8 Å². The van der Waals surface area contributed by atoms with Crippen LogP contribution in [0.1, 0.15) is 17.0 Å². The van der Waals surface area contributed by atoms with Crippen LogP contribution in [-0.2, 0) is 12.5 Å². The fraction of sp³-hybridized carbons (Fsp3) is 0.267. The van der Waals surface area contributed by atoms with Gasteiger partial charge in [-0.05, 0) is 37.3 Å². The lowest BCUT2D eigenvalue weighted by molar-refractivity contribution is 0.293. The van der Waals surface area contributed by atoms with Crippen LogP contribution in [0.15, 0.2) is 34.8 Å². The maximum absolute atomic E-state index is 5.89. The Kier molecular flexibility index (Phi) is 5.26. The minimum Gasteiger partial charge on any atom is -0.496 e. The third-order valence-corrected chi connectivity index (χ3v) is 3.57. The molecule has 0 fully saturated rings. The number of hydrogen-bond donors (Lipinski definition) is 0. The van der Waals surface area contributed by atoms with E-state index in [2.05, 4.69) is 20.9 Å². The van der Waals surface area contributed by atoms with Gasteiger partial charge >= 0.3 is 0 Å². The van der Waals surface area contributed by atoms with Crippen molar-refractivity contribution in [1.82, 2.24) is 4.98 Å². The number of methoxy groups -OCH3 is 1. The number of aryl methyl sites for hydroxylation is 1. The summed E-state index contributed by atoms with van der Waals surface area (Å²) in [7, 11) is 1.64. The zero-order valence-corrected chi connectivity index (χ0v) is 13.7. The van der Waals surface area contributed by atoms with E-state index in [4.69, 9.17) is 21.1 Å². The first-order valence-electron chi connectivity index (χ1n) is 6.11. The van der Waals surface area contributed by atoms with E-state index in [0.29, 0.717) is 18.2 Å². The average Bonchev–Trinajstić information content (AvgIpc) is 2.46. The number of aromatic nitrogens is 1. The summed E-state index contributed by atoms with van der Waals surface area (Å²) in [4.78, 5) is 4.37. The first kappa shape index (κ1) is 15.1. The molecule has 0 aliphatic rings. The van der Waals surface area contributed by atoms with Gasteiger partial charge in [0.1, 0.15) is 18.1 Å². The molecule has 1 aromatic carbocycles. The number of pyridine rings is 1. The Balaban J connectivity index is 2.18. The Morgan fingerprint density at radius 2 is 1.95 bits per heavy atom. The molecule has 0 unspecified atom stereocenters. The molecule has 0 atom stereocenters. The molecule has 5 heteroatoms. The Morgan fingerprint density at radius 1 is 1.20 bits per heavy atom. The highest BCUT2D eigenvalue weighted by molar-refractivity contribution is 9.10. The standard InChI is InChI=1S/C15H15BrClNO2/c1-10-3-5-15(13(8-17)18-10)20-9-11-7-12(16)4-6-14(11)19-2/h3-7H,8-9H2,1-2H3. The van der Waals surface area contributed by atoms with Gasteiger partial charge in [-0.3, -0.25) is 4.98 Å². The molecule has 0 saturated carbocycles. The van der Waals surface area contributed by atoms with Crippen molar-refractivity contribution in [3.63, 3.8) is 0 Å². The van der Waals surface area contributed by atoms with E-state index in [9.17, 15) is 0 Å². The van der Waals surface area contributed by atoms with Gasteiger partial charge in [0.2, 0.25) is 0 Å². The lowest BCUT2D eigenvalue weighted by atomic mass is 10.2. The molecular weight excluding hydrogens is 342 g/mol. The van der Waals surface area contributed by atoms with Crippen molar-refractivity contribution in [3.8, 4) is 11.5 Å². The summed E-state index contributed by atoms with van der Waals surface area (Å²) in [5, 5.41) is 0. The van der Waals surface area contributed by atoms with Crippen LogP contribution >= 0.6 is 27.5 Å². The van der Waals surface area contributed by atoms with Crippen LogP contribution in [0.3, 0.4) is 0 Å². The molecule has 106 valence electrons. The second kappa shape index (κ2) is 6.95. The van der Waals surface area contributed by atoms with Crippen molar-refractivity contribution in [2.45, 2.75) is 19.4 Å². The summed E-state index contributed by atoms with van der Waals surface area (Å²) < 4.78 is 12.1. The van der Waals surface area contributed by atoms with E-state index in [1.165, 1.54) is 0 Å². The van der Waals surface area contributed by atoms with Crippen molar-refractivity contribution in [1.29, 1.82) is 0 Å². The van der Waals surface area contributed by atoms with Gasteiger partial charge in [-0.1, -0.05) is 15.9 Å². The average molecular weight is 357 g/mol. The van der Waals surface area contributed by atoms with Gasteiger partial charge < -0.3 is 9.47 Å². The molecule has 0 bridgehead atoms. The van der Waals surface area contributed by atoms with Crippen LogP contribution in [0, 0.1) is 6.92 Å². The number of benzene rings is 1. The molecule has 0 aliphatic carbocycles. The van der Waals surface area contributed by atoms with E-state index < -0.39 is 0 Å². The van der Waals surface area contributed by atoms with Crippen LogP contribution < -0.4 is 9.47 Å². The smallest absolute Gasteiger partial charge is 0.142 e. The van der Waals surface area contributed by atoms with Gasteiger partial charge in [-0.25, -0.2) is 0 Å². The topological polar surface area (TPSA) is 31.4 Å². The highest BCUT2D eigenvalue weighted by Crippen LogP contribution is 2.26. The number of alkyl halides is 1. The number of rotatable bonds is 5. The monoisotopic (exact) mass is 355 g/mol. The van der Waals surface area contributed by atoms with Crippen molar-refractivity contribution in [2.75, 3.05) is 7.11 Å². The van der Waals surface area contributed by atoms with Gasteiger partial charge in [-0.2, -0.15) is 0 Å². The minimum absolute atomic E-state index is 0.326. The largest absolute Gasteiger partial charge is 0.496 e. The third kappa shape index (κ3) is 3.64. The third-order valence-electron chi connectivity index (χ3n) is 2.82. The summed E-state index contributed by atoms with van der Waals surface area (Å²) in [6, 6.07) is 9.60. The molecule has 1 aromatic heterocycles. The van der Waals surface area contributed by atoms with Crippen LogP contribution in [-0.4, -0.2) is 12.1 Å². The molecule has 2 aromatic rings. The summed E-state index contributed by atoms with van der Waals surface area (Å²) in [5.74, 6) is 1.82. The number of halogens is 2. The van der Waals surface area contributed by atoms with Gasteiger partial charge in [0.15, 0.2) is 0 Å². The maximum Gasteiger partial charge on any atom is 0.142 e. The van der Waals surface area contributed by atoms with Crippen LogP contribution in [0.2, 0.25) is 0 Å². The van der Waals surface area contributed by atoms with Gasteiger partial charge in [0.25, 0.3) is 0 Å². The zero-order valence-electron chi connectivity index (χ0n) is 11.3. The Bertz CT molecular complexity index is 604. The van der Waals surface area contributed by atoms with Crippen LogP contribution in [0.4, 0.5) is 0 Å². The maximum atomic E-state index is 5.89. The van der Waals surface area contributed by atoms with E-state index in [1.807, 2.05) is 37.3 Å². The second-order valence-corrected chi connectivity index (χ2v) is 5.46. The predicted octanol–water partition coefficient (Wildman–Crippen LogP) is 4.48. The molecular formula is C15H15BrClNO2. The predicted molar refractivity (Wildman–Crippen MR) is 83.6 cm³/mol. The van der Waals surface area contributed by atoms with Gasteiger partial charge in [0.05, 0.1) is 18.7 Å². The molecule has 1 heterocycles.